The van der Waals surface area contributed by atoms with Gasteiger partial charge in [-0.15, -0.1) is 11.8 Å². The molecule has 1 aromatic rings. The van der Waals surface area contributed by atoms with Crippen LogP contribution in [0.15, 0.2) is 4.52 Å². The third kappa shape index (κ3) is 4.22. The Bertz CT molecular complexity index is 438. The number of aromatic nitrogens is 2. The second-order valence-corrected chi connectivity index (χ2v) is 5.96. The maximum absolute atomic E-state index is 8.52. The van der Waals surface area contributed by atoms with E-state index in [2.05, 4.69) is 16.2 Å². The first kappa shape index (κ1) is 15.3. The van der Waals surface area contributed by atoms with E-state index in [-0.39, 0.29) is 6.10 Å². The molecule has 20 heavy (non-hydrogen) atoms. The minimum absolute atomic E-state index is 0.0428. The minimum Gasteiger partial charge on any atom is -0.370 e. The summed E-state index contributed by atoms with van der Waals surface area (Å²) in [4.78, 5) is 4.44. The van der Waals surface area contributed by atoms with Crippen molar-refractivity contribution in [2.75, 3.05) is 12.4 Å². The van der Waals surface area contributed by atoms with Crippen LogP contribution in [0.3, 0.4) is 0 Å². The van der Waals surface area contributed by atoms with Crippen LogP contribution in [0.1, 0.15) is 56.8 Å². The van der Waals surface area contributed by atoms with Gasteiger partial charge in [-0.2, -0.15) is 10.2 Å². The van der Waals surface area contributed by atoms with Crippen molar-refractivity contribution < 1.29 is 9.26 Å². The van der Waals surface area contributed by atoms with Gasteiger partial charge in [0, 0.05) is 6.61 Å². The first-order valence-electron chi connectivity index (χ1n) is 7.24. The van der Waals surface area contributed by atoms with Crippen LogP contribution in [0.4, 0.5) is 0 Å². The Hall–Kier alpha value is -1.06. The molecule has 0 radical (unpaired) electrons. The van der Waals surface area contributed by atoms with Crippen LogP contribution in [0.2, 0.25) is 0 Å². The van der Waals surface area contributed by atoms with Crippen LogP contribution < -0.4 is 0 Å². The van der Waals surface area contributed by atoms with Gasteiger partial charge < -0.3 is 9.26 Å². The summed E-state index contributed by atoms with van der Waals surface area (Å²) in [5.41, 5.74) is 0. The summed E-state index contributed by atoms with van der Waals surface area (Å²) >= 11 is 1.48. The molecule has 1 aliphatic rings. The van der Waals surface area contributed by atoms with Gasteiger partial charge in [-0.05, 0) is 25.7 Å². The number of nitrogens with zero attached hydrogens (tertiary/aromatic N) is 3. The SMILES string of the molecule is CCOC(c1noc(CSCC#N)n1)C1CCCCC1. The smallest absolute Gasteiger partial charge is 0.236 e. The van der Waals surface area contributed by atoms with Crippen molar-refractivity contribution in [2.45, 2.75) is 50.9 Å². The van der Waals surface area contributed by atoms with Crippen molar-refractivity contribution in [1.82, 2.24) is 10.1 Å². The van der Waals surface area contributed by atoms with Gasteiger partial charge in [0.2, 0.25) is 11.7 Å². The minimum atomic E-state index is -0.0428. The van der Waals surface area contributed by atoms with E-state index in [0.29, 0.717) is 35.7 Å². The molecule has 0 amide bonds. The van der Waals surface area contributed by atoms with E-state index in [1.54, 1.807) is 0 Å². The third-order valence-corrected chi connectivity index (χ3v) is 4.34. The van der Waals surface area contributed by atoms with Gasteiger partial charge in [0.15, 0.2) is 0 Å². The van der Waals surface area contributed by atoms with Gasteiger partial charge in [0.05, 0.1) is 17.6 Å². The van der Waals surface area contributed by atoms with E-state index in [1.807, 2.05) is 6.92 Å². The van der Waals surface area contributed by atoms with Gasteiger partial charge in [-0.3, -0.25) is 0 Å². The summed E-state index contributed by atoms with van der Waals surface area (Å²) in [6.07, 6.45) is 6.15. The number of rotatable bonds is 7. The van der Waals surface area contributed by atoms with E-state index in [4.69, 9.17) is 14.5 Å². The fourth-order valence-corrected chi connectivity index (χ4v) is 3.15. The summed E-state index contributed by atoms with van der Waals surface area (Å²) < 4.78 is 11.1. The predicted octanol–water partition coefficient (Wildman–Crippen LogP) is 3.48. The molecule has 6 heteroatoms. The molecule has 1 fully saturated rings. The van der Waals surface area contributed by atoms with Crippen LogP contribution in [-0.2, 0) is 10.5 Å². The van der Waals surface area contributed by atoms with E-state index in [0.717, 1.165) is 0 Å². The molecule has 1 aliphatic carbocycles. The molecule has 0 bridgehead atoms. The lowest BCUT2D eigenvalue weighted by Crippen LogP contribution is -2.20. The standard InChI is InChI=1S/C14H21N3O2S/c1-2-18-13(11-6-4-3-5-7-11)14-16-12(19-17-14)10-20-9-8-15/h11,13H,2-7,9-10H2,1H3. The molecule has 5 nitrogen and oxygen atoms in total. The second-order valence-electron chi connectivity index (χ2n) is 4.97. The van der Waals surface area contributed by atoms with Crippen molar-refractivity contribution >= 4 is 11.8 Å². The second kappa shape index (κ2) is 8.28. The number of ether oxygens (including phenoxy) is 1. The molecule has 1 saturated carbocycles. The number of hydrogen-bond acceptors (Lipinski definition) is 6. The van der Waals surface area contributed by atoms with E-state index < -0.39 is 0 Å². The highest BCUT2D eigenvalue weighted by atomic mass is 32.2. The zero-order valence-corrected chi connectivity index (χ0v) is 12.7. The van der Waals surface area contributed by atoms with Crippen molar-refractivity contribution in [1.29, 1.82) is 5.26 Å². The van der Waals surface area contributed by atoms with Crippen LogP contribution in [-0.4, -0.2) is 22.5 Å². The highest BCUT2D eigenvalue weighted by Crippen LogP contribution is 2.35. The molecule has 1 unspecified atom stereocenters. The highest BCUT2D eigenvalue weighted by molar-refractivity contribution is 7.98. The van der Waals surface area contributed by atoms with Gasteiger partial charge >= 0.3 is 0 Å². The third-order valence-electron chi connectivity index (χ3n) is 3.55. The summed E-state index contributed by atoms with van der Waals surface area (Å²) in [6.45, 7) is 2.66. The predicted molar refractivity (Wildman–Crippen MR) is 77.0 cm³/mol. The van der Waals surface area contributed by atoms with Crippen LogP contribution in [0.25, 0.3) is 0 Å². The number of nitriles is 1. The zero-order valence-electron chi connectivity index (χ0n) is 11.9. The van der Waals surface area contributed by atoms with Crippen molar-refractivity contribution in [3.05, 3.63) is 11.7 Å². The van der Waals surface area contributed by atoms with Crippen LogP contribution >= 0.6 is 11.8 Å². The molecule has 0 N–H and O–H groups in total. The van der Waals surface area contributed by atoms with E-state index >= 15 is 0 Å². The first-order chi connectivity index (χ1) is 9.85. The Morgan fingerprint density at radius 3 is 2.95 bits per heavy atom. The van der Waals surface area contributed by atoms with Gasteiger partial charge in [0.25, 0.3) is 0 Å². The maximum atomic E-state index is 8.52. The average molecular weight is 295 g/mol. The molecule has 0 spiro atoms. The number of thioether (sulfide) groups is 1. The lowest BCUT2D eigenvalue weighted by molar-refractivity contribution is -0.00145. The molecule has 1 aromatic heterocycles. The average Bonchev–Trinajstić information content (AvgIpc) is 2.94. The topological polar surface area (TPSA) is 71.9 Å². The summed E-state index contributed by atoms with van der Waals surface area (Å²) in [5.74, 6) is 2.78. The Morgan fingerprint density at radius 1 is 1.45 bits per heavy atom. The normalized spacial score (nSPS) is 17.8. The molecule has 110 valence electrons. The number of hydrogen-bond donors (Lipinski definition) is 0. The maximum Gasteiger partial charge on any atom is 0.236 e. The Morgan fingerprint density at radius 2 is 2.25 bits per heavy atom. The van der Waals surface area contributed by atoms with Crippen molar-refractivity contribution in [3.63, 3.8) is 0 Å². The summed E-state index contributed by atoms with van der Waals surface area (Å²) in [7, 11) is 0. The first-order valence-corrected chi connectivity index (χ1v) is 8.39. The molecule has 1 heterocycles. The largest absolute Gasteiger partial charge is 0.370 e. The quantitative estimate of drug-likeness (QED) is 0.717. The molecule has 0 aliphatic heterocycles. The summed E-state index contributed by atoms with van der Waals surface area (Å²) in [5, 5.41) is 12.6. The van der Waals surface area contributed by atoms with Gasteiger partial charge in [0.1, 0.15) is 6.10 Å². The molecule has 0 aromatic carbocycles. The van der Waals surface area contributed by atoms with E-state index in [9.17, 15) is 0 Å². The van der Waals surface area contributed by atoms with Crippen molar-refractivity contribution in [2.24, 2.45) is 5.92 Å². The Labute approximate surface area is 124 Å². The summed E-state index contributed by atoms with van der Waals surface area (Å²) in [6, 6.07) is 2.09. The Kier molecular flexibility index (Phi) is 6.34. The van der Waals surface area contributed by atoms with Gasteiger partial charge in [-0.1, -0.05) is 24.4 Å². The van der Waals surface area contributed by atoms with Gasteiger partial charge in [-0.25, -0.2) is 0 Å². The van der Waals surface area contributed by atoms with Crippen molar-refractivity contribution in [3.8, 4) is 6.07 Å². The zero-order chi connectivity index (χ0) is 14.2. The molecular formula is C14H21N3O2S. The fourth-order valence-electron chi connectivity index (χ4n) is 2.66. The lowest BCUT2D eigenvalue weighted by atomic mass is 9.85. The molecule has 1 atom stereocenters. The lowest BCUT2D eigenvalue weighted by Gasteiger charge is -2.27. The Balaban J connectivity index is 1.99. The highest BCUT2D eigenvalue weighted by Gasteiger charge is 2.29. The van der Waals surface area contributed by atoms with E-state index in [1.165, 1.54) is 43.9 Å². The van der Waals surface area contributed by atoms with Crippen LogP contribution in [0, 0.1) is 17.2 Å². The van der Waals surface area contributed by atoms with Crippen LogP contribution in [0.5, 0.6) is 0 Å². The monoisotopic (exact) mass is 295 g/mol. The molecule has 2 rings (SSSR count). The molecule has 0 saturated heterocycles. The molecular weight excluding hydrogens is 274 g/mol. The fraction of sp³-hybridized carbons (Fsp3) is 0.786.